The Morgan fingerprint density at radius 2 is 1.36 bits per heavy atom. The molecule has 2 aromatic heterocycles. The normalized spacial score (nSPS) is 21.1. The molecule has 3 aromatic carbocycles. The zero-order valence-corrected chi connectivity index (χ0v) is 21.3. The van der Waals surface area contributed by atoms with Crippen molar-refractivity contribution in [2.75, 3.05) is 0 Å². The first-order valence-corrected chi connectivity index (χ1v) is 13.0. The lowest BCUT2D eigenvalue weighted by atomic mass is 9.94. The minimum absolute atomic E-state index is 0.343. The van der Waals surface area contributed by atoms with Gasteiger partial charge in [-0.15, -0.1) is 0 Å². The Balaban J connectivity index is 1.31. The average molecular weight is 522 g/mol. The van der Waals surface area contributed by atoms with Crippen molar-refractivity contribution >= 4 is 11.2 Å². The molecule has 0 aliphatic carbocycles. The molecule has 1 fully saturated rings. The number of aromatic nitrogens is 4. The number of ether oxygens (including phenoxy) is 3. The van der Waals surface area contributed by atoms with Gasteiger partial charge in [-0.1, -0.05) is 91.0 Å². The Kier molecular flexibility index (Phi) is 7.86. The van der Waals surface area contributed by atoms with Crippen molar-refractivity contribution < 1.29 is 19.0 Å². The highest BCUT2D eigenvalue weighted by molar-refractivity contribution is 5.68. The smallest absolute Gasteiger partial charge is 0.199 e. The predicted molar refractivity (Wildman–Crippen MR) is 145 cm³/mol. The van der Waals surface area contributed by atoms with Gasteiger partial charge in [-0.2, -0.15) is 4.73 Å². The SMILES string of the molecule is [CH]1OC(Cc2ccccc2)[C@@H](On2cnc3cncnc32)[C@@H](OCc2ccccc2)[C@H]1OCc1ccccc1. The molecule has 197 valence electrons. The molecule has 1 aliphatic rings. The summed E-state index contributed by atoms with van der Waals surface area (Å²) in [6, 6.07) is 30.3. The van der Waals surface area contributed by atoms with E-state index in [4.69, 9.17) is 19.0 Å². The molecule has 1 unspecified atom stereocenters. The van der Waals surface area contributed by atoms with Crippen LogP contribution in [0, 0.1) is 6.61 Å². The number of hydrogen-bond donors (Lipinski definition) is 0. The third-order valence-electron chi connectivity index (χ3n) is 6.67. The second-order valence-electron chi connectivity index (χ2n) is 9.39. The Bertz CT molecular complexity index is 1450. The van der Waals surface area contributed by atoms with Gasteiger partial charge in [0.05, 0.1) is 19.4 Å². The lowest BCUT2D eigenvalue weighted by molar-refractivity contribution is -0.214. The Hall–Kier alpha value is -4.11. The van der Waals surface area contributed by atoms with E-state index in [0.717, 1.165) is 16.7 Å². The van der Waals surface area contributed by atoms with E-state index < -0.39 is 18.3 Å². The molecule has 8 heteroatoms. The van der Waals surface area contributed by atoms with Crippen LogP contribution in [0.4, 0.5) is 0 Å². The highest BCUT2D eigenvalue weighted by Crippen LogP contribution is 2.29. The number of imidazole rings is 1. The molecule has 1 aliphatic heterocycles. The summed E-state index contributed by atoms with van der Waals surface area (Å²) in [6.45, 7) is 2.56. The second kappa shape index (κ2) is 12.2. The molecule has 39 heavy (non-hydrogen) atoms. The van der Waals surface area contributed by atoms with Crippen molar-refractivity contribution in [3.05, 3.63) is 133 Å². The first-order valence-electron chi connectivity index (χ1n) is 13.0. The molecule has 1 radical (unpaired) electrons. The van der Waals surface area contributed by atoms with Crippen molar-refractivity contribution in [3.8, 4) is 0 Å². The molecule has 0 amide bonds. The summed E-state index contributed by atoms with van der Waals surface area (Å²) in [6.07, 6.45) is 3.53. The van der Waals surface area contributed by atoms with Crippen molar-refractivity contribution in [1.29, 1.82) is 0 Å². The minimum Gasteiger partial charge on any atom is -0.402 e. The van der Waals surface area contributed by atoms with Crippen LogP contribution in [-0.2, 0) is 33.8 Å². The van der Waals surface area contributed by atoms with E-state index in [2.05, 4.69) is 27.1 Å². The van der Waals surface area contributed by atoms with Gasteiger partial charge in [0.25, 0.3) is 0 Å². The maximum absolute atomic E-state index is 6.59. The van der Waals surface area contributed by atoms with Gasteiger partial charge < -0.3 is 19.0 Å². The molecule has 6 rings (SSSR count). The van der Waals surface area contributed by atoms with Crippen LogP contribution in [0.25, 0.3) is 11.2 Å². The zero-order chi connectivity index (χ0) is 26.3. The zero-order valence-electron chi connectivity index (χ0n) is 21.3. The van der Waals surface area contributed by atoms with E-state index >= 15 is 0 Å². The van der Waals surface area contributed by atoms with Gasteiger partial charge >= 0.3 is 0 Å². The van der Waals surface area contributed by atoms with Crippen LogP contribution in [0.1, 0.15) is 16.7 Å². The second-order valence-corrected chi connectivity index (χ2v) is 9.39. The van der Waals surface area contributed by atoms with Crippen LogP contribution in [-0.4, -0.2) is 44.1 Å². The molecule has 0 saturated carbocycles. The lowest BCUT2D eigenvalue weighted by Gasteiger charge is -2.41. The monoisotopic (exact) mass is 521 g/mol. The van der Waals surface area contributed by atoms with E-state index in [0.29, 0.717) is 30.8 Å². The van der Waals surface area contributed by atoms with Gasteiger partial charge in [-0.3, -0.25) is 0 Å². The topological polar surface area (TPSA) is 80.5 Å². The van der Waals surface area contributed by atoms with Crippen LogP contribution < -0.4 is 4.84 Å². The summed E-state index contributed by atoms with van der Waals surface area (Å²) < 4.78 is 20.8. The number of benzene rings is 3. The van der Waals surface area contributed by atoms with Crippen molar-refractivity contribution in [3.63, 3.8) is 0 Å². The third-order valence-corrected chi connectivity index (χ3v) is 6.67. The fourth-order valence-electron chi connectivity index (χ4n) is 4.68. The minimum atomic E-state index is -0.535. The molecule has 1 saturated heterocycles. The molecule has 0 spiro atoms. The van der Waals surface area contributed by atoms with Gasteiger partial charge in [0.15, 0.2) is 11.8 Å². The summed E-state index contributed by atoms with van der Waals surface area (Å²) in [4.78, 5) is 19.4. The number of rotatable bonds is 10. The predicted octanol–water partition coefficient (Wildman–Crippen LogP) is 4.60. The number of fused-ring (bicyclic) bond motifs is 1. The van der Waals surface area contributed by atoms with Crippen molar-refractivity contribution in [2.45, 2.75) is 44.1 Å². The largest absolute Gasteiger partial charge is 0.402 e. The van der Waals surface area contributed by atoms with Gasteiger partial charge in [0, 0.05) is 6.42 Å². The molecule has 0 N–H and O–H groups in total. The lowest BCUT2D eigenvalue weighted by Crippen LogP contribution is -2.57. The van der Waals surface area contributed by atoms with E-state index in [9.17, 15) is 0 Å². The van der Waals surface area contributed by atoms with E-state index in [-0.39, 0.29) is 6.10 Å². The molecular formula is C31H29N4O4. The number of hydrogen-bond acceptors (Lipinski definition) is 7. The quantitative estimate of drug-likeness (QED) is 0.266. The Morgan fingerprint density at radius 1 is 0.718 bits per heavy atom. The fraction of sp³-hybridized carbons (Fsp3) is 0.226. The molecule has 3 heterocycles. The highest BCUT2D eigenvalue weighted by atomic mass is 16.7. The van der Waals surface area contributed by atoms with Crippen LogP contribution in [0.3, 0.4) is 0 Å². The van der Waals surface area contributed by atoms with E-state index in [1.807, 2.05) is 78.9 Å². The summed E-state index contributed by atoms with van der Waals surface area (Å²) in [7, 11) is 0. The highest BCUT2D eigenvalue weighted by Gasteiger charge is 2.45. The molecule has 8 nitrogen and oxygen atoms in total. The third kappa shape index (κ3) is 6.15. The molecule has 0 bridgehead atoms. The standard InChI is InChI=1S/C31H29N4O4/c1-4-10-23(11-5-1)16-27-30(39-35-22-34-26-17-32-21-33-31(26)35)29(38-19-25-14-8-3-9-15-25)28(20-37-27)36-18-24-12-6-2-7-13-24/h1-15,17,20-22,27-30H,16,18-19H2/t27?,28-,29-,30+/m0/s1. The fourth-order valence-corrected chi connectivity index (χ4v) is 4.68. The van der Waals surface area contributed by atoms with E-state index in [1.54, 1.807) is 23.9 Å². The van der Waals surface area contributed by atoms with Crippen LogP contribution in [0.15, 0.2) is 110 Å². The van der Waals surface area contributed by atoms with Gasteiger partial charge in [0.1, 0.15) is 43.1 Å². The van der Waals surface area contributed by atoms with E-state index in [1.165, 1.54) is 6.33 Å². The maximum atomic E-state index is 6.59. The maximum Gasteiger partial charge on any atom is 0.199 e. The van der Waals surface area contributed by atoms with Gasteiger partial charge in [-0.05, 0) is 16.7 Å². The summed E-state index contributed by atoms with van der Waals surface area (Å²) in [5.41, 5.74) is 4.47. The van der Waals surface area contributed by atoms with Crippen LogP contribution in [0.5, 0.6) is 0 Å². The molecule has 5 aromatic rings. The molecule has 4 atom stereocenters. The summed E-state index contributed by atoms with van der Waals surface area (Å²) >= 11 is 0. The van der Waals surface area contributed by atoms with Crippen molar-refractivity contribution in [1.82, 2.24) is 19.7 Å². The summed E-state index contributed by atoms with van der Waals surface area (Å²) in [5.74, 6) is 0. The first-order chi connectivity index (χ1) is 19.3. The van der Waals surface area contributed by atoms with Crippen molar-refractivity contribution in [2.24, 2.45) is 0 Å². The average Bonchev–Trinajstić information content (AvgIpc) is 3.41. The summed E-state index contributed by atoms with van der Waals surface area (Å²) in [5, 5.41) is 0. The van der Waals surface area contributed by atoms with Crippen LogP contribution in [0.2, 0.25) is 0 Å². The Morgan fingerprint density at radius 3 is 2.05 bits per heavy atom. The van der Waals surface area contributed by atoms with Gasteiger partial charge in [0.2, 0.25) is 0 Å². The first kappa shape index (κ1) is 25.2. The number of nitrogens with zero attached hydrogens (tertiary/aromatic N) is 4. The van der Waals surface area contributed by atoms with Crippen LogP contribution >= 0.6 is 0 Å². The Labute approximate surface area is 227 Å². The van der Waals surface area contributed by atoms with Gasteiger partial charge in [-0.25, -0.2) is 15.0 Å². The molecular weight excluding hydrogens is 492 g/mol.